The summed E-state index contributed by atoms with van der Waals surface area (Å²) < 4.78 is 5.53. The number of aliphatic hydroxyl groups is 2. The molecule has 3 saturated carbocycles. The summed E-state index contributed by atoms with van der Waals surface area (Å²) >= 11 is 0. The second kappa shape index (κ2) is 11.0. The minimum absolute atomic E-state index is 0.00327. The number of esters is 1. The molecule has 3 aliphatic carbocycles. The van der Waals surface area contributed by atoms with Crippen LogP contribution in [0.3, 0.4) is 0 Å². The Labute approximate surface area is 207 Å². The number of Topliss-reactive ketones (excluding diaryl/α,β-unsaturated/α-hetero) is 1. The number of aliphatic hydroxyl groups excluding tert-OH is 2. The number of fused-ring (bicyclic) bond motifs is 1. The van der Waals surface area contributed by atoms with Gasteiger partial charge in [-0.2, -0.15) is 0 Å². The van der Waals surface area contributed by atoms with Crippen molar-refractivity contribution in [2.24, 2.45) is 46.3 Å². The van der Waals surface area contributed by atoms with Crippen molar-refractivity contribution in [2.75, 3.05) is 6.61 Å². The van der Waals surface area contributed by atoms with E-state index in [1.165, 1.54) is 6.92 Å². The summed E-state index contributed by atoms with van der Waals surface area (Å²) in [6.45, 7) is 12.6. The van der Waals surface area contributed by atoms with Gasteiger partial charge in [0.05, 0.1) is 6.10 Å². The summed E-state index contributed by atoms with van der Waals surface area (Å²) in [5.74, 6) is 1.84. The maximum absolute atomic E-state index is 13.1. The highest BCUT2D eigenvalue weighted by Gasteiger charge is 2.58. The van der Waals surface area contributed by atoms with Crippen LogP contribution in [0.2, 0.25) is 0 Å². The molecule has 0 aliphatic heterocycles. The Hall–Kier alpha value is -0.940. The van der Waals surface area contributed by atoms with Gasteiger partial charge in [-0.3, -0.25) is 9.59 Å². The van der Waals surface area contributed by atoms with Crippen LogP contribution in [0.25, 0.3) is 0 Å². The molecule has 0 aromatic carbocycles. The third kappa shape index (κ3) is 5.40. The van der Waals surface area contributed by atoms with Crippen molar-refractivity contribution in [3.63, 3.8) is 0 Å². The Bertz CT molecular complexity index is 719. The van der Waals surface area contributed by atoms with Gasteiger partial charge in [-0.05, 0) is 98.2 Å². The van der Waals surface area contributed by atoms with Gasteiger partial charge >= 0.3 is 5.97 Å². The van der Waals surface area contributed by atoms with Crippen LogP contribution in [0, 0.1) is 46.3 Å². The summed E-state index contributed by atoms with van der Waals surface area (Å²) in [4.78, 5) is 24.5. The largest absolute Gasteiger partial charge is 0.463 e. The molecule has 0 heterocycles. The quantitative estimate of drug-likeness (QED) is 0.424. The first-order chi connectivity index (χ1) is 15.9. The molecule has 0 aromatic heterocycles. The lowest BCUT2D eigenvalue weighted by Crippen LogP contribution is -2.54. The van der Waals surface area contributed by atoms with E-state index in [0.29, 0.717) is 36.4 Å². The molecule has 0 radical (unpaired) electrons. The van der Waals surface area contributed by atoms with E-state index in [4.69, 9.17) is 4.74 Å². The zero-order chi connectivity index (χ0) is 25.3. The zero-order valence-electron chi connectivity index (χ0n) is 22.5. The Morgan fingerprint density at radius 1 is 1.06 bits per heavy atom. The first-order valence-electron chi connectivity index (χ1n) is 13.9. The highest BCUT2D eigenvalue weighted by Crippen LogP contribution is 2.61. The first-order valence-corrected chi connectivity index (χ1v) is 13.9. The van der Waals surface area contributed by atoms with Crippen LogP contribution in [0.1, 0.15) is 106 Å². The summed E-state index contributed by atoms with van der Waals surface area (Å²) in [6.07, 6.45) is 8.47. The van der Waals surface area contributed by atoms with Crippen molar-refractivity contribution in [3.8, 4) is 0 Å². The molecular weight excluding hydrogens is 428 g/mol. The van der Waals surface area contributed by atoms with Crippen LogP contribution in [-0.2, 0) is 14.3 Å². The molecule has 196 valence electrons. The van der Waals surface area contributed by atoms with Crippen molar-refractivity contribution < 1.29 is 24.5 Å². The molecule has 9 atom stereocenters. The van der Waals surface area contributed by atoms with E-state index in [1.807, 2.05) is 0 Å². The maximum atomic E-state index is 13.1. The molecule has 2 N–H and O–H groups in total. The van der Waals surface area contributed by atoms with Gasteiger partial charge in [0.1, 0.15) is 11.9 Å². The fraction of sp³-hybridized carbons (Fsp3) is 0.931. The molecule has 0 bridgehead atoms. The maximum Gasteiger partial charge on any atom is 0.302 e. The molecule has 3 rings (SSSR count). The van der Waals surface area contributed by atoms with Crippen LogP contribution in [0.5, 0.6) is 0 Å². The Morgan fingerprint density at radius 2 is 1.76 bits per heavy atom. The second-order valence-corrected chi connectivity index (χ2v) is 12.9. The molecule has 0 aromatic rings. The molecule has 5 nitrogen and oxygen atoms in total. The van der Waals surface area contributed by atoms with Gasteiger partial charge in [-0.15, -0.1) is 0 Å². The number of ketones is 1. The Kier molecular flexibility index (Phi) is 8.93. The second-order valence-electron chi connectivity index (χ2n) is 12.9. The number of ether oxygens (including phenoxy) is 1. The Morgan fingerprint density at radius 3 is 2.38 bits per heavy atom. The first kappa shape index (κ1) is 27.6. The van der Waals surface area contributed by atoms with Gasteiger partial charge in [0.25, 0.3) is 0 Å². The predicted octanol–water partition coefficient (Wildman–Crippen LogP) is 5.55. The van der Waals surface area contributed by atoms with Gasteiger partial charge in [0.15, 0.2) is 0 Å². The number of hydrogen-bond donors (Lipinski definition) is 2. The molecule has 0 saturated heterocycles. The summed E-state index contributed by atoms with van der Waals surface area (Å²) in [5, 5.41) is 21.8. The van der Waals surface area contributed by atoms with Crippen molar-refractivity contribution >= 4 is 11.8 Å². The van der Waals surface area contributed by atoms with E-state index in [1.54, 1.807) is 0 Å². The van der Waals surface area contributed by atoms with Crippen molar-refractivity contribution in [1.29, 1.82) is 0 Å². The third-order valence-electron chi connectivity index (χ3n) is 10.5. The molecule has 0 spiro atoms. The van der Waals surface area contributed by atoms with Gasteiger partial charge in [0, 0.05) is 25.9 Å². The minimum atomic E-state index is -0.391. The lowest BCUT2D eigenvalue weighted by molar-refractivity contribution is -0.165. The minimum Gasteiger partial charge on any atom is -0.463 e. The monoisotopic (exact) mass is 478 g/mol. The lowest BCUT2D eigenvalue weighted by Gasteiger charge is -2.56. The average Bonchev–Trinajstić information content (AvgIpc) is 3.09. The molecule has 0 amide bonds. The summed E-state index contributed by atoms with van der Waals surface area (Å²) in [5.41, 5.74) is -0.290. The molecule has 5 heteroatoms. The number of carbonyl (C=O) groups is 2. The van der Waals surface area contributed by atoms with Gasteiger partial charge in [-0.25, -0.2) is 0 Å². The van der Waals surface area contributed by atoms with Crippen LogP contribution >= 0.6 is 0 Å². The third-order valence-corrected chi connectivity index (χ3v) is 10.5. The van der Waals surface area contributed by atoms with Crippen molar-refractivity contribution in [3.05, 3.63) is 0 Å². The Balaban J connectivity index is 1.76. The summed E-state index contributed by atoms with van der Waals surface area (Å²) in [7, 11) is 0. The number of hydrogen-bond acceptors (Lipinski definition) is 5. The molecule has 0 unspecified atom stereocenters. The van der Waals surface area contributed by atoms with Crippen molar-refractivity contribution in [1.82, 2.24) is 0 Å². The predicted molar refractivity (Wildman–Crippen MR) is 134 cm³/mol. The van der Waals surface area contributed by atoms with Crippen LogP contribution < -0.4 is 0 Å². The lowest BCUT2D eigenvalue weighted by atomic mass is 9.51. The highest BCUT2D eigenvalue weighted by atomic mass is 16.5. The van der Waals surface area contributed by atoms with E-state index in [-0.39, 0.29) is 47.3 Å². The van der Waals surface area contributed by atoms with Crippen molar-refractivity contribution in [2.45, 2.75) is 118 Å². The van der Waals surface area contributed by atoms with Crippen LogP contribution in [-0.4, -0.2) is 40.8 Å². The average molecular weight is 479 g/mol. The zero-order valence-corrected chi connectivity index (χ0v) is 22.5. The van der Waals surface area contributed by atoms with Gasteiger partial charge in [0.2, 0.25) is 0 Å². The fourth-order valence-corrected chi connectivity index (χ4v) is 8.33. The van der Waals surface area contributed by atoms with Gasteiger partial charge in [-0.1, -0.05) is 34.6 Å². The molecule has 3 aliphatic rings. The normalized spacial score (nSPS) is 41.2. The SMILES string of the molecule is CC(=O)O[C@H]1CC[C@@]2(C)[C@@H](CC[C@@H]([C@@H]3CC[C@H]([C@H](C)C(=O)CCC(C)C)[C@@]3(C)CCO)[C@@H]2O)C1. The molecular formula is C29H50O5. The van der Waals surface area contributed by atoms with Crippen LogP contribution in [0.4, 0.5) is 0 Å². The fourth-order valence-electron chi connectivity index (χ4n) is 8.33. The van der Waals surface area contributed by atoms with E-state index >= 15 is 0 Å². The van der Waals surface area contributed by atoms with E-state index < -0.39 is 6.10 Å². The molecule has 34 heavy (non-hydrogen) atoms. The highest BCUT2D eigenvalue weighted by molar-refractivity contribution is 5.81. The molecule has 3 fully saturated rings. The van der Waals surface area contributed by atoms with E-state index in [0.717, 1.165) is 51.4 Å². The number of rotatable bonds is 9. The smallest absolute Gasteiger partial charge is 0.302 e. The summed E-state index contributed by atoms with van der Waals surface area (Å²) in [6, 6.07) is 0. The number of carbonyl (C=O) groups excluding carboxylic acids is 2. The van der Waals surface area contributed by atoms with E-state index in [9.17, 15) is 19.8 Å². The standard InChI is InChI=1S/C29H50O5/c1-18(2)7-12-26(32)19(3)24-10-11-25(29(24,6)15-16-30)23-9-8-21-17-22(34-20(4)31)13-14-28(21,5)27(23)33/h18-19,21-25,27,30,33H,7-17H2,1-6H3/t19-,21-,22-,23-,24+,25-,27-,28-,29+/m0/s1. The van der Waals surface area contributed by atoms with Crippen LogP contribution in [0.15, 0.2) is 0 Å². The topological polar surface area (TPSA) is 83.8 Å². The van der Waals surface area contributed by atoms with Gasteiger partial charge < -0.3 is 14.9 Å². The van der Waals surface area contributed by atoms with E-state index in [2.05, 4.69) is 34.6 Å².